The lowest BCUT2D eigenvalue weighted by molar-refractivity contribution is 0.174. The maximum Gasteiger partial charge on any atom is 0.261 e. The molecule has 1 unspecified atom stereocenters. The highest BCUT2D eigenvalue weighted by atomic mass is 28.4. The van der Waals surface area contributed by atoms with Gasteiger partial charge in [0.2, 0.25) is 0 Å². The summed E-state index contributed by atoms with van der Waals surface area (Å²) in [6.45, 7) is 9.03. The first-order chi connectivity index (χ1) is 13.3. The minimum absolute atomic E-state index is 0.0341. The average molecular weight is 395 g/mol. The third kappa shape index (κ3) is 4.32. The van der Waals surface area contributed by atoms with E-state index in [0.29, 0.717) is 0 Å². The number of hydrogen-bond donors (Lipinski definition) is 1. The van der Waals surface area contributed by atoms with E-state index in [9.17, 15) is 5.11 Å². The molecule has 1 N–H and O–H groups in total. The van der Waals surface area contributed by atoms with Gasteiger partial charge in [-0.15, -0.1) is 0 Å². The van der Waals surface area contributed by atoms with Gasteiger partial charge in [-0.05, 0) is 47.2 Å². The Kier molecular flexibility index (Phi) is 6.59. The number of hydrogen-bond acceptors (Lipinski definition) is 2. The summed E-state index contributed by atoms with van der Waals surface area (Å²) < 4.78 is 7.08. The Morgan fingerprint density at radius 2 is 1.50 bits per heavy atom. The van der Waals surface area contributed by atoms with Crippen molar-refractivity contribution in [3.05, 3.63) is 72.3 Å². The summed E-state index contributed by atoms with van der Waals surface area (Å²) >= 11 is 0. The summed E-state index contributed by atoms with van der Waals surface area (Å²) in [6, 6.07) is 21.5. The normalized spacial score (nSPS) is 20.9. The van der Waals surface area contributed by atoms with Gasteiger partial charge in [0.05, 0.1) is 12.2 Å². The van der Waals surface area contributed by atoms with Gasteiger partial charge >= 0.3 is 0 Å². The van der Waals surface area contributed by atoms with Crippen LogP contribution in [0.15, 0.2) is 72.3 Å². The predicted octanol–water partition coefficient (Wildman–Crippen LogP) is 4.81. The van der Waals surface area contributed by atoms with Crippen LogP contribution in [0.25, 0.3) is 0 Å². The van der Waals surface area contributed by atoms with E-state index in [1.807, 2.05) is 0 Å². The lowest BCUT2D eigenvalue weighted by atomic mass is 9.91. The Bertz CT molecular complexity index is 738. The van der Waals surface area contributed by atoms with Gasteiger partial charge in [0.25, 0.3) is 8.32 Å². The molecule has 0 spiro atoms. The molecule has 0 aromatic heterocycles. The molecule has 0 saturated heterocycles. The number of aliphatic hydroxyl groups is 1. The zero-order valence-electron chi connectivity index (χ0n) is 17.7. The molecule has 1 aliphatic rings. The average Bonchev–Trinajstić information content (AvgIpc) is 2.68. The zero-order chi connectivity index (χ0) is 20.2. The molecule has 2 aromatic rings. The first-order valence-electron chi connectivity index (χ1n) is 10.5. The van der Waals surface area contributed by atoms with Gasteiger partial charge in [-0.1, -0.05) is 93.9 Å². The topological polar surface area (TPSA) is 29.5 Å². The molecule has 3 rings (SSSR count). The van der Waals surface area contributed by atoms with Crippen molar-refractivity contribution in [1.29, 1.82) is 0 Å². The standard InChI is InChI=1S/C25H34O2Si/c1-20(19-21-13-11-12-18-24(21)26)27-28(25(2,3)4,22-14-7-5-8-15-22)23-16-9-6-10-17-23/h5-10,14-17,19-20,24,26H,11-13,18H2,1-4H3/b21-19+/t20?,24-/m1/s1. The molecule has 3 heteroatoms. The summed E-state index contributed by atoms with van der Waals surface area (Å²) in [5, 5.41) is 13.0. The third-order valence-electron chi connectivity index (χ3n) is 5.85. The third-order valence-corrected chi connectivity index (χ3v) is 11.0. The minimum Gasteiger partial charge on any atom is -0.401 e. The lowest BCUT2D eigenvalue weighted by Gasteiger charge is -2.44. The molecule has 0 aliphatic heterocycles. The second-order valence-corrected chi connectivity index (χ2v) is 13.2. The van der Waals surface area contributed by atoms with E-state index in [2.05, 4.69) is 94.4 Å². The fourth-order valence-electron chi connectivity index (χ4n) is 4.52. The van der Waals surface area contributed by atoms with Crippen LogP contribution in [-0.2, 0) is 4.43 Å². The van der Waals surface area contributed by atoms with E-state index in [4.69, 9.17) is 4.43 Å². The van der Waals surface area contributed by atoms with Gasteiger partial charge in [-0.2, -0.15) is 0 Å². The van der Waals surface area contributed by atoms with Crippen LogP contribution in [0.2, 0.25) is 5.04 Å². The van der Waals surface area contributed by atoms with Crippen LogP contribution >= 0.6 is 0 Å². The summed E-state index contributed by atoms with van der Waals surface area (Å²) in [4.78, 5) is 0. The summed E-state index contributed by atoms with van der Waals surface area (Å²) in [5.41, 5.74) is 1.15. The smallest absolute Gasteiger partial charge is 0.261 e. The zero-order valence-corrected chi connectivity index (χ0v) is 18.7. The second kappa shape index (κ2) is 8.77. The van der Waals surface area contributed by atoms with Gasteiger partial charge in [-0.3, -0.25) is 0 Å². The van der Waals surface area contributed by atoms with E-state index < -0.39 is 8.32 Å². The van der Waals surface area contributed by atoms with Crippen molar-refractivity contribution in [3.8, 4) is 0 Å². The molecule has 150 valence electrons. The van der Waals surface area contributed by atoms with Crippen molar-refractivity contribution < 1.29 is 9.53 Å². The van der Waals surface area contributed by atoms with Crippen LogP contribution in [0.5, 0.6) is 0 Å². The fraction of sp³-hybridized carbons (Fsp3) is 0.440. The molecule has 28 heavy (non-hydrogen) atoms. The predicted molar refractivity (Wildman–Crippen MR) is 121 cm³/mol. The molecule has 2 nitrogen and oxygen atoms in total. The largest absolute Gasteiger partial charge is 0.401 e. The molecule has 2 atom stereocenters. The number of aliphatic hydroxyl groups excluding tert-OH is 1. The highest BCUT2D eigenvalue weighted by Gasteiger charge is 2.50. The van der Waals surface area contributed by atoms with E-state index >= 15 is 0 Å². The van der Waals surface area contributed by atoms with Crippen LogP contribution in [0.1, 0.15) is 53.4 Å². The van der Waals surface area contributed by atoms with Crippen molar-refractivity contribution in [2.24, 2.45) is 0 Å². The maximum absolute atomic E-state index is 10.4. The molecular weight excluding hydrogens is 360 g/mol. The van der Waals surface area contributed by atoms with Crippen molar-refractivity contribution in [2.75, 3.05) is 0 Å². The van der Waals surface area contributed by atoms with E-state index in [1.165, 1.54) is 10.4 Å². The van der Waals surface area contributed by atoms with Gasteiger partial charge in [0.1, 0.15) is 0 Å². The van der Waals surface area contributed by atoms with Crippen molar-refractivity contribution in [1.82, 2.24) is 0 Å². The first-order valence-corrected chi connectivity index (χ1v) is 12.4. The maximum atomic E-state index is 10.4. The van der Waals surface area contributed by atoms with Gasteiger partial charge in [-0.25, -0.2) is 0 Å². The quantitative estimate of drug-likeness (QED) is 0.582. The summed E-state index contributed by atoms with van der Waals surface area (Å²) in [7, 11) is -2.55. The Hall–Kier alpha value is -1.68. The van der Waals surface area contributed by atoms with Crippen LogP contribution in [0.3, 0.4) is 0 Å². The SMILES string of the molecule is CC(/C=C1\CCCC[C@H]1O)O[Si](c1ccccc1)(c1ccccc1)C(C)(C)C. The number of rotatable bonds is 5. The molecule has 0 bridgehead atoms. The van der Waals surface area contributed by atoms with E-state index in [0.717, 1.165) is 31.3 Å². The van der Waals surface area contributed by atoms with Crippen molar-refractivity contribution >= 4 is 18.7 Å². The van der Waals surface area contributed by atoms with E-state index in [1.54, 1.807) is 0 Å². The Morgan fingerprint density at radius 1 is 0.964 bits per heavy atom. The molecule has 2 aromatic carbocycles. The first kappa shape index (κ1) is 21.0. The highest BCUT2D eigenvalue weighted by molar-refractivity contribution is 6.99. The summed E-state index contributed by atoms with van der Waals surface area (Å²) in [5.74, 6) is 0. The number of benzene rings is 2. The molecule has 1 aliphatic carbocycles. The van der Waals surface area contributed by atoms with Crippen molar-refractivity contribution in [2.45, 2.75) is 70.6 Å². The fourth-order valence-corrected chi connectivity index (χ4v) is 9.16. The van der Waals surface area contributed by atoms with Gasteiger partial charge in [0.15, 0.2) is 0 Å². The molecular formula is C25H34O2Si. The van der Waals surface area contributed by atoms with Crippen LogP contribution < -0.4 is 10.4 Å². The van der Waals surface area contributed by atoms with Gasteiger partial charge in [0, 0.05) is 0 Å². The molecule has 1 fully saturated rings. The van der Waals surface area contributed by atoms with Crippen LogP contribution in [0, 0.1) is 0 Å². The monoisotopic (exact) mass is 394 g/mol. The molecule has 1 saturated carbocycles. The second-order valence-electron chi connectivity index (χ2n) is 8.99. The molecule has 0 amide bonds. The summed E-state index contributed by atoms with van der Waals surface area (Å²) in [6.07, 6.45) is 5.96. The van der Waals surface area contributed by atoms with Crippen molar-refractivity contribution in [3.63, 3.8) is 0 Å². The minimum atomic E-state index is -2.55. The molecule has 0 heterocycles. The Labute approximate surface area is 171 Å². The van der Waals surface area contributed by atoms with E-state index in [-0.39, 0.29) is 17.2 Å². The Morgan fingerprint density at radius 3 is 1.96 bits per heavy atom. The van der Waals surface area contributed by atoms with Crippen LogP contribution in [0.4, 0.5) is 0 Å². The molecule has 0 radical (unpaired) electrons. The van der Waals surface area contributed by atoms with Gasteiger partial charge < -0.3 is 9.53 Å². The highest BCUT2D eigenvalue weighted by Crippen LogP contribution is 2.38. The lowest BCUT2D eigenvalue weighted by Crippen LogP contribution is -2.67. The Balaban J connectivity index is 2.07. The van der Waals surface area contributed by atoms with Crippen LogP contribution in [-0.4, -0.2) is 25.6 Å².